The number of ether oxygens (including phenoxy) is 1. The predicted molar refractivity (Wildman–Crippen MR) is 84.2 cm³/mol. The number of methoxy groups -OCH3 is 1. The highest BCUT2D eigenvalue weighted by molar-refractivity contribution is 6.04. The van der Waals surface area contributed by atoms with Gasteiger partial charge in [-0.15, -0.1) is 0 Å². The van der Waals surface area contributed by atoms with Gasteiger partial charge in [-0.1, -0.05) is 0 Å². The molecule has 2 aromatic rings. The molecule has 3 rings (SSSR count). The van der Waals surface area contributed by atoms with Crippen molar-refractivity contribution in [3.8, 4) is 5.75 Å². The summed E-state index contributed by atoms with van der Waals surface area (Å²) in [5, 5.41) is 4.30. The fraction of sp³-hybridized carbons (Fsp3) is 0.235. The summed E-state index contributed by atoms with van der Waals surface area (Å²) < 4.78 is 5.25. The van der Waals surface area contributed by atoms with E-state index in [0.717, 1.165) is 36.3 Å². The van der Waals surface area contributed by atoms with E-state index in [1.54, 1.807) is 25.4 Å². The summed E-state index contributed by atoms with van der Waals surface area (Å²) in [6, 6.07) is 9.39. The van der Waals surface area contributed by atoms with Gasteiger partial charge in [0.1, 0.15) is 5.75 Å². The molecule has 0 saturated heterocycles. The van der Waals surface area contributed by atoms with Gasteiger partial charge in [-0.3, -0.25) is 9.78 Å². The van der Waals surface area contributed by atoms with Crippen molar-refractivity contribution in [1.82, 2.24) is 10.4 Å². The van der Waals surface area contributed by atoms with E-state index in [-0.39, 0.29) is 5.91 Å². The lowest BCUT2D eigenvalue weighted by Gasteiger charge is -2.18. The van der Waals surface area contributed by atoms with Gasteiger partial charge >= 0.3 is 0 Å². The van der Waals surface area contributed by atoms with Crippen LogP contribution in [0.25, 0.3) is 0 Å². The van der Waals surface area contributed by atoms with Gasteiger partial charge in [0.05, 0.1) is 18.4 Å². The van der Waals surface area contributed by atoms with Crippen LogP contribution >= 0.6 is 0 Å². The third-order valence-electron chi connectivity index (χ3n) is 3.70. The van der Waals surface area contributed by atoms with Crippen LogP contribution in [0.1, 0.15) is 34.3 Å². The van der Waals surface area contributed by atoms with Crippen LogP contribution in [0.2, 0.25) is 0 Å². The van der Waals surface area contributed by atoms with Gasteiger partial charge in [-0.2, -0.15) is 5.10 Å². The number of amides is 1. The summed E-state index contributed by atoms with van der Waals surface area (Å²) >= 11 is 0. The van der Waals surface area contributed by atoms with E-state index < -0.39 is 0 Å². The summed E-state index contributed by atoms with van der Waals surface area (Å²) in [5.74, 6) is 0.598. The van der Waals surface area contributed by atoms with Gasteiger partial charge < -0.3 is 4.74 Å². The topological polar surface area (TPSA) is 63.6 Å². The Morgan fingerprint density at radius 1 is 1.32 bits per heavy atom. The average Bonchev–Trinajstić information content (AvgIpc) is 2.59. The minimum atomic E-state index is -0.249. The number of hydrazone groups is 1. The Bertz CT molecular complexity index is 711. The van der Waals surface area contributed by atoms with Crippen molar-refractivity contribution in [2.24, 2.45) is 5.10 Å². The van der Waals surface area contributed by atoms with Crippen molar-refractivity contribution >= 4 is 11.6 Å². The molecule has 22 heavy (non-hydrogen) atoms. The number of carbonyl (C=O) groups excluding carboxylic acids is 1. The molecule has 1 amide bonds. The molecule has 0 radical (unpaired) electrons. The van der Waals surface area contributed by atoms with Crippen molar-refractivity contribution in [3.05, 3.63) is 59.4 Å². The van der Waals surface area contributed by atoms with Crippen LogP contribution in [0, 0.1) is 0 Å². The minimum Gasteiger partial charge on any atom is -0.497 e. The van der Waals surface area contributed by atoms with Gasteiger partial charge in [0.2, 0.25) is 0 Å². The number of carbonyl (C=O) groups is 1. The first-order valence-electron chi connectivity index (χ1n) is 7.22. The molecule has 1 aliphatic rings. The molecule has 1 aromatic carbocycles. The number of fused-ring (bicyclic) bond motifs is 1. The maximum Gasteiger partial charge on any atom is 0.272 e. The summed E-state index contributed by atoms with van der Waals surface area (Å²) in [6.45, 7) is 0. The fourth-order valence-corrected chi connectivity index (χ4v) is 2.56. The standard InChI is InChI=1S/C17H17N3O2/c1-22-14-7-8-15-12(10-14)4-2-6-16(15)19-20-17(21)13-5-3-9-18-11-13/h3,5,7-11H,2,4,6H2,1H3,(H,20,21). The van der Waals surface area contributed by atoms with E-state index in [1.807, 2.05) is 18.2 Å². The Balaban J connectivity index is 1.80. The number of aromatic nitrogens is 1. The lowest BCUT2D eigenvalue weighted by atomic mass is 9.90. The zero-order valence-corrected chi connectivity index (χ0v) is 12.4. The van der Waals surface area contributed by atoms with Crippen LogP contribution < -0.4 is 10.2 Å². The number of nitrogens with zero attached hydrogens (tertiary/aromatic N) is 2. The highest BCUT2D eigenvalue weighted by Gasteiger charge is 2.16. The number of rotatable bonds is 3. The monoisotopic (exact) mass is 295 g/mol. The minimum absolute atomic E-state index is 0.249. The molecule has 1 heterocycles. The molecule has 5 heteroatoms. The van der Waals surface area contributed by atoms with Gasteiger partial charge in [-0.05, 0) is 55.2 Å². The molecule has 0 bridgehead atoms. The number of hydrogen-bond donors (Lipinski definition) is 1. The average molecular weight is 295 g/mol. The second-order valence-corrected chi connectivity index (χ2v) is 5.12. The Morgan fingerprint density at radius 2 is 2.23 bits per heavy atom. The highest BCUT2D eigenvalue weighted by atomic mass is 16.5. The number of aryl methyl sites for hydroxylation is 1. The number of benzene rings is 1. The smallest absolute Gasteiger partial charge is 0.272 e. The maximum atomic E-state index is 12.0. The number of nitrogens with one attached hydrogen (secondary N) is 1. The lowest BCUT2D eigenvalue weighted by Crippen LogP contribution is -2.22. The molecule has 0 spiro atoms. The van der Waals surface area contributed by atoms with Gasteiger partial charge in [0, 0.05) is 18.0 Å². The van der Waals surface area contributed by atoms with Crippen molar-refractivity contribution in [2.75, 3.05) is 7.11 Å². The zero-order valence-electron chi connectivity index (χ0n) is 12.4. The molecule has 0 saturated carbocycles. The first-order chi connectivity index (χ1) is 10.8. The Hall–Kier alpha value is -2.69. The summed E-state index contributed by atoms with van der Waals surface area (Å²) in [7, 11) is 1.66. The number of hydrogen-bond acceptors (Lipinski definition) is 4. The Labute approximate surface area is 129 Å². The van der Waals surface area contributed by atoms with Gasteiger partial charge in [0.15, 0.2) is 0 Å². The van der Waals surface area contributed by atoms with Crippen LogP contribution in [0.3, 0.4) is 0 Å². The highest BCUT2D eigenvalue weighted by Crippen LogP contribution is 2.25. The third-order valence-corrected chi connectivity index (χ3v) is 3.70. The first-order valence-corrected chi connectivity index (χ1v) is 7.22. The normalized spacial score (nSPS) is 15.2. The second-order valence-electron chi connectivity index (χ2n) is 5.12. The molecule has 5 nitrogen and oxygen atoms in total. The van der Waals surface area contributed by atoms with Gasteiger partial charge in [0.25, 0.3) is 5.91 Å². The van der Waals surface area contributed by atoms with E-state index in [2.05, 4.69) is 15.5 Å². The number of pyridine rings is 1. The van der Waals surface area contributed by atoms with Crippen molar-refractivity contribution in [2.45, 2.75) is 19.3 Å². The van der Waals surface area contributed by atoms with E-state index in [0.29, 0.717) is 5.56 Å². The van der Waals surface area contributed by atoms with E-state index in [1.165, 1.54) is 11.8 Å². The van der Waals surface area contributed by atoms with Crippen LogP contribution in [0.4, 0.5) is 0 Å². The SMILES string of the molecule is COc1ccc2c(c1)CCCC2=NNC(=O)c1cccnc1. The Morgan fingerprint density at radius 3 is 3.00 bits per heavy atom. The molecule has 0 unspecified atom stereocenters. The van der Waals surface area contributed by atoms with Crippen molar-refractivity contribution < 1.29 is 9.53 Å². The first kappa shape index (κ1) is 14.3. The van der Waals surface area contributed by atoms with E-state index in [9.17, 15) is 4.79 Å². The summed E-state index contributed by atoms with van der Waals surface area (Å²) in [4.78, 5) is 16.0. The molecule has 112 valence electrons. The maximum absolute atomic E-state index is 12.0. The van der Waals surface area contributed by atoms with Crippen LogP contribution in [-0.2, 0) is 6.42 Å². The third kappa shape index (κ3) is 2.98. The summed E-state index contributed by atoms with van der Waals surface area (Å²) in [6.07, 6.45) is 6.03. The molecule has 0 fully saturated rings. The summed E-state index contributed by atoms with van der Waals surface area (Å²) in [5.41, 5.74) is 6.31. The zero-order chi connectivity index (χ0) is 15.4. The van der Waals surface area contributed by atoms with Gasteiger partial charge in [-0.25, -0.2) is 5.43 Å². The fourth-order valence-electron chi connectivity index (χ4n) is 2.56. The van der Waals surface area contributed by atoms with Crippen LogP contribution in [-0.4, -0.2) is 23.7 Å². The van der Waals surface area contributed by atoms with Crippen molar-refractivity contribution in [1.29, 1.82) is 0 Å². The van der Waals surface area contributed by atoms with Crippen LogP contribution in [0.5, 0.6) is 5.75 Å². The molecular formula is C17H17N3O2. The van der Waals surface area contributed by atoms with E-state index >= 15 is 0 Å². The molecular weight excluding hydrogens is 278 g/mol. The Kier molecular flexibility index (Phi) is 4.14. The van der Waals surface area contributed by atoms with Crippen molar-refractivity contribution in [3.63, 3.8) is 0 Å². The van der Waals surface area contributed by atoms with E-state index in [4.69, 9.17) is 4.74 Å². The predicted octanol–water partition coefficient (Wildman–Crippen LogP) is 2.56. The lowest BCUT2D eigenvalue weighted by molar-refractivity contribution is 0.0954. The molecule has 1 aromatic heterocycles. The quantitative estimate of drug-likeness (QED) is 0.885. The molecule has 0 aliphatic heterocycles. The molecule has 1 N–H and O–H groups in total. The second kappa shape index (κ2) is 6.39. The molecule has 0 atom stereocenters. The largest absolute Gasteiger partial charge is 0.497 e. The molecule has 1 aliphatic carbocycles. The van der Waals surface area contributed by atoms with Crippen LogP contribution in [0.15, 0.2) is 47.8 Å².